The van der Waals surface area contributed by atoms with E-state index in [1.807, 2.05) is 0 Å². The molecule has 0 aliphatic rings. The molecule has 0 N–H and O–H groups in total. The van der Waals surface area contributed by atoms with E-state index in [-0.39, 0.29) is 31.3 Å². The van der Waals surface area contributed by atoms with Crippen LogP contribution in [0.2, 0.25) is 15.1 Å². The third-order valence-electron chi connectivity index (χ3n) is 3.37. The van der Waals surface area contributed by atoms with Gasteiger partial charge in [-0.05, 0) is 36.8 Å². The number of rotatable bonds is 3. The maximum Gasteiger partial charge on any atom is 0.340 e. The van der Waals surface area contributed by atoms with Crippen molar-refractivity contribution < 1.29 is 17.0 Å². The van der Waals surface area contributed by atoms with E-state index in [0.717, 1.165) is 6.07 Å². The molecule has 1 aromatic heterocycles. The molecule has 1 heterocycles. The van der Waals surface area contributed by atoms with E-state index in [9.17, 15) is 13.2 Å². The number of hydrogen-bond acceptors (Lipinski definition) is 5. The van der Waals surface area contributed by atoms with Crippen LogP contribution in [0.3, 0.4) is 0 Å². The van der Waals surface area contributed by atoms with Crippen LogP contribution in [0.4, 0.5) is 0 Å². The van der Waals surface area contributed by atoms with Crippen LogP contribution in [0.5, 0.6) is 5.75 Å². The van der Waals surface area contributed by atoms with Crippen LogP contribution < -0.4 is 9.81 Å². The zero-order valence-electron chi connectivity index (χ0n) is 12.5. The summed E-state index contributed by atoms with van der Waals surface area (Å²) in [5.74, 6) is -0.0385. The van der Waals surface area contributed by atoms with Gasteiger partial charge in [-0.15, -0.1) is 0 Å². The highest BCUT2D eigenvalue weighted by atomic mass is 35.5. The molecule has 3 aromatic rings. The highest BCUT2D eigenvalue weighted by Crippen LogP contribution is 2.33. The smallest absolute Gasteiger partial charge is 0.340 e. The maximum absolute atomic E-state index is 12.5. The van der Waals surface area contributed by atoms with Crippen LogP contribution in [0.15, 0.2) is 50.5 Å². The third-order valence-corrected chi connectivity index (χ3v) is 5.81. The van der Waals surface area contributed by atoms with Crippen LogP contribution >= 0.6 is 34.8 Å². The normalized spacial score (nSPS) is 11.7. The number of hydrogen-bond donors (Lipinski definition) is 0. The Morgan fingerprint density at radius 2 is 1.64 bits per heavy atom. The topological polar surface area (TPSA) is 73.6 Å². The average molecular weight is 420 g/mol. The lowest BCUT2D eigenvalue weighted by molar-refractivity contribution is 0.485. The van der Waals surface area contributed by atoms with Crippen molar-refractivity contribution in [3.05, 3.63) is 67.4 Å². The summed E-state index contributed by atoms with van der Waals surface area (Å²) in [6.45, 7) is 1.74. The van der Waals surface area contributed by atoms with Crippen molar-refractivity contribution in [2.45, 2.75) is 11.8 Å². The minimum absolute atomic E-state index is 0.0216. The van der Waals surface area contributed by atoms with Gasteiger partial charge in [-0.1, -0.05) is 34.8 Å². The second-order valence-electron chi connectivity index (χ2n) is 5.14. The molecular weight excluding hydrogens is 411 g/mol. The summed E-state index contributed by atoms with van der Waals surface area (Å²) in [5, 5.41) is 0.677. The Kier molecular flexibility index (Phi) is 4.72. The van der Waals surface area contributed by atoms with Crippen LogP contribution in [0.1, 0.15) is 5.56 Å². The summed E-state index contributed by atoms with van der Waals surface area (Å²) in [7, 11) is -4.27. The van der Waals surface area contributed by atoms with Crippen molar-refractivity contribution in [2.75, 3.05) is 0 Å². The third kappa shape index (κ3) is 3.62. The van der Waals surface area contributed by atoms with Crippen LogP contribution in [-0.4, -0.2) is 8.42 Å². The van der Waals surface area contributed by atoms with E-state index in [2.05, 4.69) is 0 Å². The molecule has 0 saturated heterocycles. The Hall–Kier alpha value is -1.73. The molecule has 5 nitrogen and oxygen atoms in total. The predicted octanol–water partition coefficient (Wildman–Crippen LogP) is 4.83. The van der Waals surface area contributed by atoms with Gasteiger partial charge in [0.15, 0.2) is 0 Å². The van der Waals surface area contributed by atoms with Gasteiger partial charge < -0.3 is 8.60 Å². The first-order valence-electron chi connectivity index (χ1n) is 6.81. The quantitative estimate of drug-likeness (QED) is 0.345. The second-order valence-corrected chi connectivity index (χ2v) is 7.88. The first-order valence-corrected chi connectivity index (χ1v) is 9.35. The van der Waals surface area contributed by atoms with Crippen molar-refractivity contribution in [3.8, 4) is 5.75 Å². The molecule has 0 atom stereocenters. The van der Waals surface area contributed by atoms with Crippen molar-refractivity contribution in [1.82, 2.24) is 0 Å². The van der Waals surface area contributed by atoms with E-state index in [1.54, 1.807) is 13.0 Å². The molecule has 0 fully saturated rings. The van der Waals surface area contributed by atoms with E-state index in [1.165, 1.54) is 24.3 Å². The Balaban J connectivity index is 2.05. The van der Waals surface area contributed by atoms with Crippen LogP contribution in [0.25, 0.3) is 11.0 Å². The molecule has 0 spiro atoms. The van der Waals surface area contributed by atoms with Crippen molar-refractivity contribution in [3.63, 3.8) is 0 Å². The number of benzene rings is 2. The Morgan fingerprint density at radius 3 is 2.36 bits per heavy atom. The van der Waals surface area contributed by atoms with Gasteiger partial charge in [0, 0.05) is 17.5 Å². The predicted molar refractivity (Wildman–Crippen MR) is 96.5 cm³/mol. The SMILES string of the molecule is Cc1cc(=O)oc2cc(OS(=O)(=O)c3cc(Cl)c(Cl)cc3Cl)ccc12. The summed E-state index contributed by atoms with van der Waals surface area (Å²) in [6, 6.07) is 8.01. The maximum atomic E-state index is 12.5. The zero-order chi connectivity index (χ0) is 18.4. The van der Waals surface area contributed by atoms with E-state index in [4.69, 9.17) is 43.4 Å². The standard InChI is InChI=1S/C16H9Cl3O5S/c1-8-4-16(20)23-14-5-9(2-3-10(8)14)24-25(21,22)15-7-12(18)11(17)6-13(15)19/h2-7H,1H3. The second kappa shape index (κ2) is 6.53. The molecule has 130 valence electrons. The minimum atomic E-state index is -4.27. The van der Waals surface area contributed by atoms with E-state index >= 15 is 0 Å². The van der Waals surface area contributed by atoms with Gasteiger partial charge in [0.05, 0.1) is 15.1 Å². The lowest BCUT2D eigenvalue weighted by Gasteiger charge is -2.10. The zero-order valence-corrected chi connectivity index (χ0v) is 15.6. The average Bonchev–Trinajstić information content (AvgIpc) is 2.49. The molecule has 2 aromatic carbocycles. The molecule has 25 heavy (non-hydrogen) atoms. The molecule has 0 aliphatic heterocycles. The van der Waals surface area contributed by atoms with Gasteiger partial charge in [0.1, 0.15) is 16.2 Å². The lowest BCUT2D eigenvalue weighted by Crippen LogP contribution is -2.10. The largest absolute Gasteiger partial charge is 0.423 e. The lowest BCUT2D eigenvalue weighted by atomic mass is 10.1. The fourth-order valence-corrected chi connectivity index (χ4v) is 4.13. The molecule has 9 heteroatoms. The molecule has 0 unspecified atom stereocenters. The van der Waals surface area contributed by atoms with Gasteiger partial charge >= 0.3 is 15.7 Å². The Morgan fingerprint density at radius 1 is 0.960 bits per heavy atom. The summed E-state index contributed by atoms with van der Waals surface area (Å²) >= 11 is 17.6. The molecule has 0 amide bonds. The monoisotopic (exact) mass is 418 g/mol. The summed E-state index contributed by atoms with van der Waals surface area (Å²) in [4.78, 5) is 11.1. The van der Waals surface area contributed by atoms with Gasteiger partial charge in [-0.25, -0.2) is 4.79 Å². The van der Waals surface area contributed by atoms with Crippen molar-refractivity contribution in [2.24, 2.45) is 0 Å². The molecular formula is C16H9Cl3O5S. The molecule has 0 saturated carbocycles. The van der Waals surface area contributed by atoms with Crippen LogP contribution in [0, 0.1) is 6.92 Å². The van der Waals surface area contributed by atoms with Gasteiger partial charge in [0.2, 0.25) is 0 Å². The summed E-state index contributed by atoms with van der Waals surface area (Å²) < 4.78 is 35.1. The number of aryl methyl sites for hydroxylation is 1. The number of halogens is 3. The molecule has 0 bridgehead atoms. The van der Waals surface area contributed by atoms with Crippen molar-refractivity contribution >= 4 is 55.9 Å². The highest BCUT2D eigenvalue weighted by Gasteiger charge is 2.22. The fraction of sp³-hybridized carbons (Fsp3) is 0.0625. The first kappa shape index (κ1) is 18.1. The Labute approximate surface area is 157 Å². The van der Waals surface area contributed by atoms with Crippen LogP contribution in [-0.2, 0) is 10.1 Å². The summed E-state index contributed by atoms with van der Waals surface area (Å²) in [5.41, 5.74) is 0.364. The number of fused-ring (bicyclic) bond motifs is 1. The summed E-state index contributed by atoms with van der Waals surface area (Å²) in [6.07, 6.45) is 0. The van der Waals surface area contributed by atoms with E-state index < -0.39 is 15.7 Å². The van der Waals surface area contributed by atoms with Gasteiger partial charge in [0.25, 0.3) is 0 Å². The van der Waals surface area contributed by atoms with Gasteiger partial charge in [-0.2, -0.15) is 8.42 Å². The Bertz CT molecular complexity index is 1150. The van der Waals surface area contributed by atoms with Crippen molar-refractivity contribution in [1.29, 1.82) is 0 Å². The molecule has 0 radical (unpaired) electrons. The minimum Gasteiger partial charge on any atom is -0.423 e. The van der Waals surface area contributed by atoms with E-state index in [0.29, 0.717) is 10.9 Å². The first-order chi connectivity index (χ1) is 11.7. The van der Waals surface area contributed by atoms with Gasteiger partial charge in [-0.3, -0.25) is 0 Å². The fourth-order valence-electron chi connectivity index (χ4n) is 2.22. The highest BCUT2D eigenvalue weighted by molar-refractivity contribution is 7.87. The molecule has 0 aliphatic carbocycles. The molecule has 3 rings (SSSR count).